The lowest BCUT2D eigenvalue weighted by Gasteiger charge is -2.37. The monoisotopic (exact) mass is 355 g/mol. The molecule has 1 aromatic carbocycles. The van der Waals surface area contributed by atoms with Crippen LogP contribution < -0.4 is 5.32 Å². The lowest BCUT2D eigenvalue weighted by molar-refractivity contribution is -0.137. The summed E-state index contributed by atoms with van der Waals surface area (Å²) >= 11 is 0. The van der Waals surface area contributed by atoms with Crippen LogP contribution in [-0.2, 0) is 11.0 Å². The number of nitrogens with zero attached hydrogens (tertiary/aromatic N) is 2. The van der Waals surface area contributed by atoms with Crippen molar-refractivity contribution in [1.82, 2.24) is 15.1 Å². The van der Waals surface area contributed by atoms with Gasteiger partial charge in [-0.05, 0) is 31.0 Å². The number of imide groups is 1. The second kappa shape index (κ2) is 5.75. The van der Waals surface area contributed by atoms with E-state index in [4.69, 9.17) is 0 Å². The molecule has 2 aliphatic heterocycles. The Balaban J connectivity index is 1.73. The number of hydrogen-bond donors (Lipinski definition) is 1. The van der Waals surface area contributed by atoms with E-state index in [9.17, 15) is 27.6 Å². The fourth-order valence-electron chi connectivity index (χ4n) is 3.20. The molecule has 0 aliphatic carbocycles. The van der Waals surface area contributed by atoms with Gasteiger partial charge < -0.3 is 10.2 Å². The van der Waals surface area contributed by atoms with Crippen molar-refractivity contribution in [2.45, 2.75) is 24.6 Å². The van der Waals surface area contributed by atoms with Crippen molar-refractivity contribution in [3.63, 3.8) is 0 Å². The van der Waals surface area contributed by atoms with Crippen LogP contribution in [0.1, 0.15) is 28.8 Å². The molecule has 4 amide bonds. The Kier molecular flexibility index (Phi) is 3.97. The summed E-state index contributed by atoms with van der Waals surface area (Å²) in [6.45, 7) is 0.351. The molecule has 3 rings (SSSR count). The molecule has 1 N–H and O–H groups in total. The molecule has 2 aliphatic rings. The minimum absolute atomic E-state index is 0.0512. The van der Waals surface area contributed by atoms with Gasteiger partial charge in [0.05, 0.1) is 5.56 Å². The smallest absolute Gasteiger partial charge is 0.338 e. The number of likely N-dealkylation sites (tertiary alicyclic amines) is 1. The third-order valence-electron chi connectivity index (χ3n) is 4.71. The van der Waals surface area contributed by atoms with Crippen LogP contribution in [0.2, 0.25) is 0 Å². The van der Waals surface area contributed by atoms with Gasteiger partial charge in [0.2, 0.25) is 0 Å². The average Bonchev–Trinajstić information content (AvgIpc) is 2.78. The van der Waals surface area contributed by atoms with Crippen LogP contribution in [0.5, 0.6) is 0 Å². The third kappa shape index (κ3) is 2.94. The molecule has 1 aromatic rings. The zero-order chi connectivity index (χ0) is 18.4. The SMILES string of the molecule is CN1C(=O)NC2(CCN(C(=O)c3cccc(C(F)(F)F)c3)CC2)C1=O. The number of amides is 4. The molecular weight excluding hydrogens is 339 g/mol. The molecule has 9 heteroatoms. The predicted octanol–water partition coefficient (Wildman–Crippen LogP) is 1.86. The summed E-state index contributed by atoms with van der Waals surface area (Å²) in [5.41, 5.74) is -1.95. The van der Waals surface area contributed by atoms with Crippen LogP contribution >= 0.6 is 0 Å². The van der Waals surface area contributed by atoms with E-state index in [-0.39, 0.29) is 37.4 Å². The van der Waals surface area contributed by atoms with E-state index in [0.717, 1.165) is 17.0 Å². The quantitative estimate of drug-likeness (QED) is 0.782. The van der Waals surface area contributed by atoms with Gasteiger partial charge in [-0.1, -0.05) is 6.07 Å². The van der Waals surface area contributed by atoms with Crippen LogP contribution in [-0.4, -0.2) is 53.3 Å². The van der Waals surface area contributed by atoms with E-state index < -0.39 is 29.2 Å². The number of likely N-dealkylation sites (N-methyl/N-ethyl adjacent to an activating group) is 1. The largest absolute Gasteiger partial charge is 0.416 e. The number of carbonyl (C=O) groups is 3. The van der Waals surface area contributed by atoms with Gasteiger partial charge in [0.15, 0.2) is 0 Å². The first-order chi connectivity index (χ1) is 11.6. The highest BCUT2D eigenvalue weighted by Crippen LogP contribution is 2.31. The topological polar surface area (TPSA) is 69.7 Å². The normalized spacial score (nSPS) is 20.2. The standard InChI is InChI=1S/C16H16F3N3O3/c1-21-13(24)15(20-14(21)25)5-7-22(8-6-15)12(23)10-3-2-4-11(9-10)16(17,18)19/h2-4,9H,5-8H2,1H3,(H,20,25). The van der Waals surface area contributed by atoms with Gasteiger partial charge in [0.25, 0.3) is 11.8 Å². The molecule has 0 radical (unpaired) electrons. The molecule has 0 unspecified atom stereocenters. The number of piperidine rings is 1. The molecule has 0 bridgehead atoms. The van der Waals surface area contributed by atoms with E-state index >= 15 is 0 Å². The number of hydrogen-bond acceptors (Lipinski definition) is 3. The van der Waals surface area contributed by atoms with E-state index in [2.05, 4.69) is 5.32 Å². The Morgan fingerprint density at radius 2 is 1.84 bits per heavy atom. The van der Waals surface area contributed by atoms with E-state index in [1.807, 2.05) is 0 Å². The van der Waals surface area contributed by atoms with E-state index in [0.29, 0.717) is 0 Å². The molecule has 2 heterocycles. The summed E-state index contributed by atoms with van der Waals surface area (Å²) < 4.78 is 38.3. The molecule has 2 fully saturated rings. The Bertz CT molecular complexity index is 740. The maximum absolute atomic E-state index is 12.8. The first kappa shape index (κ1) is 17.2. The number of benzene rings is 1. The van der Waals surface area contributed by atoms with Gasteiger partial charge in [-0.2, -0.15) is 13.2 Å². The molecule has 1 spiro atoms. The Labute approximate surface area is 141 Å². The Morgan fingerprint density at radius 1 is 1.20 bits per heavy atom. The summed E-state index contributed by atoms with van der Waals surface area (Å²) in [5, 5.41) is 2.65. The van der Waals surface area contributed by atoms with Crippen molar-refractivity contribution in [2.75, 3.05) is 20.1 Å². The van der Waals surface area contributed by atoms with Crippen molar-refractivity contribution < 1.29 is 27.6 Å². The van der Waals surface area contributed by atoms with E-state index in [1.54, 1.807) is 0 Å². The zero-order valence-corrected chi connectivity index (χ0v) is 13.4. The third-order valence-corrected chi connectivity index (χ3v) is 4.71. The first-order valence-electron chi connectivity index (χ1n) is 7.71. The fourth-order valence-corrected chi connectivity index (χ4v) is 3.20. The van der Waals surface area contributed by atoms with Gasteiger partial charge >= 0.3 is 12.2 Å². The van der Waals surface area contributed by atoms with Gasteiger partial charge in [0, 0.05) is 25.7 Å². The Hall–Kier alpha value is -2.58. The molecule has 2 saturated heterocycles. The minimum atomic E-state index is -4.52. The second-order valence-corrected chi connectivity index (χ2v) is 6.25. The van der Waals surface area contributed by atoms with Crippen molar-refractivity contribution >= 4 is 17.8 Å². The predicted molar refractivity (Wildman–Crippen MR) is 80.6 cm³/mol. The van der Waals surface area contributed by atoms with E-state index in [1.165, 1.54) is 24.1 Å². The van der Waals surface area contributed by atoms with Crippen molar-refractivity contribution in [3.8, 4) is 0 Å². The lowest BCUT2D eigenvalue weighted by Crippen LogP contribution is -2.55. The molecule has 0 atom stereocenters. The van der Waals surface area contributed by atoms with Crippen LogP contribution in [0.15, 0.2) is 24.3 Å². The van der Waals surface area contributed by atoms with Crippen LogP contribution in [0.3, 0.4) is 0 Å². The number of rotatable bonds is 1. The molecular formula is C16H16F3N3O3. The minimum Gasteiger partial charge on any atom is -0.338 e. The molecule has 6 nitrogen and oxygen atoms in total. The van der Waals surface area contributed by atoms with Gasteiger partial charge in [0.1, 0.15) is 5.54 Å². The van der Waals surface area contributed by atoms with Crippen LogP contribution in [0.4, 0.5) is 18.0 Å². The van der Waals surface area contributed by atoms with Crippen molar-refractivity contribution in [3.05, 3.63) is 35.4 Å². The summed E-state index contributed by atoms with van der Waals surface area (Å²) in [6.07, 6.45) is -4.06. The zero-order valence-electron chi connectivity index (χ0n) is 13.4. The number of nitrogens with one attached hydrogen (secondary N) is 1. The van der Waals surface area contributed by atoms with Gasteiger partial charge in [-0.25, -0.2) is 4.79 Å². The van der Waals surface area contributed by atoms with Crippen molar-refractivity contribution in [1.29, 1.82) is 0 Å². The highest BCUT2D eigenvalue weighted by molar-refractivity contribution is 6.07. The molecule has 0 aromatic heterocycles. The van der Waals surface area contributed by atoms with Gasteiger partial charge in [-0.15, -0.1) is 0 Å². The number of carbonyl (C=O) groups excluding carboxylic acids is 3. The van der Waals surface area contributed by atoms with Crippen LogP contribution in [0.25, 0.3) is 0 Å². The van der Waals surface area contributed by atoms with Crippen LogP contribution in [0, 0.1) is 0 Å². The maximum atomic E-state index is 12.8. The highest BCUT2D eigenvalue weighted by atomic mass is 19.4. The number of urea groups is 1. The number of halogens is 3. The summed E-state index contributed by atoms with van der Waals surface area (Å²) in [5.74, 6) is -0.866. The second-order valence-electron chi connectivity index (χ2n) is 6.25. The maximum Gasteiger partial charge on any atom is 0.416 e. The Morgan fingerprint density at radius 3 is 2.36 bits per heavy atom. The molecule has 134 valence electrons. The lowest BCUT2D eigenvalue weighted by atomic mass is 9.87. The number of alkyl halides is 3. The fraction of sp³-hybridized carbons (Fsp3) is 0.438. The summed E-state index contributed by atoms with van der Waals surface area (Å²) in [6, 6.07) is 3.77. The van der Waals surface area contributed by atoms with Gasteiger partial charge in [-0.3, -0.25) is 14.5 Å². The molecule has 25 heavy (non-hydrogen) atoms. The highest BCUT2D eigenvalue weighted by Gasteiger charge is 2.51. The summed E-state index contributed by atoms with van der Waals surface area (Å²) in [7, 11) is 1.38. The first-order valence-corrected chi connectivity index (χ1v) is 7.71. The molecule has 0 saturated carbocycles. The average molecular weight is 355 g/mol. The van der Waals surface area contributed by atoms with Crippen molar-refractivity contribution in [2.24, 2.45) is 0 Å². The summed E-state index contributed by atoms with van der Waals surface area (Å²) in [4.78, 5) is 38.7.